The number of rotatable bonds is 4. The van der Waals surface area contributed by atoms with Crippen LogP contribution in [0.3, 0.4) is 0 Å². The van der Waals surface area contributed by atoms with E-state index in [2.05, 4.69) is 15.1 Å². The van der Waals surface area contributed by atoms with Gasteiger partial charge in [0.05, 0.1) is 22.5 Å². The smallest absolute Gasteiger partial charge is 0.175 e. The molecule has 0 N–H and O–H groups in total. The van der Waals surface area contributed by atoms with Gasteiger partial charge in [-0.15, -0.1) is 0 Å². The molecule has 0 bridgehead atoms. The fourth-order valence-corrected chi connectivity index (χ4v) is 3.26. The van der Waals surface area contributed by atoms with Crippen LogP contribution < -0.4 is 4.90 Å². The monoisotopic (exact) mass is 345 g/mol. The Morgan fingerprint density at radius 2 is 1.83 bits per heavy atom. The molecule has 0 aliphatic heterocycles. The summed E-state index contributed by atoms with van der Waals surface area (Å²) in [6, 6.07) is 6.94. The first-order valence-electron chi connectivity index (χ1n) is 7.44. The summed E-state index contributed by atoms with van der Waals surface area (Å²) in [6.07, 6.45) is 4.48. The molecular formula is C16H19N5O2S. The number of nitrogens with zero attached hydrogens (tertiary/aromatic N) is 5. The Morgan fingerprint density at radius 1 is 1.17 bits per heavy atom. The third kappa shape index (κ3) is 2.84. The van der Waals surface area contributed by atoms with Gasteiger partial charge < -0.3 is 4.90 Å². The minimum atomic E-state index is -3.19. The van der Waals surface area contributed by atoms with E-state index in [1.54, 1.807) is 23.0 Å². The lowest BCUT2D eigenvalue weighted by Crippen LogP contribution is -2.23. The molecule has 3 rings (SSSR count). The van der Waals surface area contributed by atoms with Crippen molar-refractivity contribution in [3.63, 3.8) is 0 Å². The van der Waals surface area contributed by atoms with Crippen LogP contribution >= 0.6 is 0 Å². The second-order valence-corrected chi connectivity index (χ2v) is 7.85. The first kappa shape index (κ1) is 16.4. The lowest BCUT2D eigenvalue weighted by Gasteiger charge is -2.26. The van der Waals surface area contributed by atoms with Gasteiger partial charge in [-0.25, -0.2) is 18.4 Å². The van der Waals surface area contributed by atoms with Crippen molar-refractivity contribution in [2.45, 2.75) is 17.9 Å². The van der Waals surface area contributed by atoms with Crippen LogP contribution in [0.25, 0.3) is 11.0 Å². The van der Waals surface area contributed by atoms with Crippen LogP contribution in [0, 0.1) is 0 Å². The molecule has 3 aromatic rings. The number of benzene rings is 1. The zero-order chi connectivity index (χ0) is 17.5. The summed E-state index contributed by atoms with van der Waals surface area (Å²) in [5, 5.41) is 5.11. The van der Waals surface area contributed by atoms with Crippen molar-refractivity contribution in [1.82, 2.24) is 19.7 Å². The van der Waals surface area contributed by atoms with E-state index in [1.807, 2.05) is 38.1 Å². The zero-order valence-electron chi connectivity index (χ0n) is 14.0. The maximum absolute atomic E-state index is 11.6. The van der Waals surface area contributed by atoms with E-state index in [-0.39, 0.29) is 6.04 Å². The van der Waals surface area contributed by atoms with E-state index in [0.717, 1.165) is 22.4 Å². The van der Waals surface area contributed by atoms with Crippen LogP contribution in [0.2, 0.25) is 0 Å². The first-order chi connectivity index (χ1) is 11.3. The molecule has 0 aliphatic rings. The topological polar surface area (TPSA) is 81.0 Å². The SMILES string of the molecule is C[C@H](c1ccc(S(C)(=O)=O)cc1)N(C)c1ncnc2c1cnn2C. The van der Waals surface area contributed by atoms with Crippen molar-refractivity contribution in [2.24, 2.45) is 7.05 Å². The van der Waals surface area contributed by atoms with Gasteiger partial charge in [-0.2, -0.15) is 5.10 Å². The molecule has 0 radical (unpaired) electrons. The molecule has 0 spiro atoms. The Morgan fingerprint density at radius 3 is 2.46 bits per heavy atom. The van der Waals surface area contributed by atoms with E-state index >= 15 is 0 Å². The van der Waals surface area contributed by atoms with Gasteiger partial charge in [0.25, 0.3) is 0 Å². The molecule has 1 aromatic carbocycles. The maximum atomic E-state index is 11.6. The molecule has 126 valence electrons. The average Bonchev–Trinajstić information content (AvgIpc) is 2.94. The Bertz CT molecular complexity index is 979. The third-order valence-electron chi connectivity index (χ3n) is 4.21. The normalized spacial score (nSPS) is 13.2. The van der Waals surface area contributed by atoms with E-state index in [4.69, 9.17) is 0 Å². The van der Waals surface area contributed by atoms with Crippen LogP contribution in [0.15, 0.2) is 41.7 Å². The average molecular weight is 345 g/mol. The fraction of sp³-hybridized carbons (Fsp3) is 0.312. The molecular weight excluding hydrogens is 326 g/mol. The summed E-state index contributed by atoms with van der Waals surface area (Å²) in [6.45, 7) is 2.04. The highest BCUT2D eigenvalue weighted by atomic mass is 32.2. The molecule has 7 nitrogen and oxygen atoms in total. The number of sulfone groups is 1. The van der Waals surface area contributed by atoms with Crippen LogP contribution in [-0.4, -0.2) is 41.5 Å². The second kappa shape index (κ2) is 5.86. The minimum Gasteiger partial charge on any atom is -0.352 e. The van der Waals surface area contributed by atoms with Gasteiger partial charge in [-0.3, -0.25) is 4.68 Å². The number of hydrogen-bond acceptors (Lipinski definition) is 6. The van der Waals surface area contributed by atoms with Gasteiger partial charge in [-0.1, -0.05) is 12.1 Å². The first-order valence-corrected chi connectivity index (χ1v) is 9.33. The van der Waals surface area contributed by atoms with Gasteiger partial charge in [0.15, 0.2) is 15.5 Å². The lowest BCUT2D eigenvalue weighted by atomic mass is 10.1. The number of fused-ring (bicyclic) bond motifs is 1. The van der Waals surface area contributed by atoms with Gasteiger partial charge in [0.2, 0.25) is 0 Å². The largest absolute Gasteiger partial charge is 0.352 e. The molecule has 0 fully saturated rings. The highest BCUT2D eigenvalue weighted by Crippen LogP contribution is 2.29. The highest BCUT2D eigenvalue weighted by Gasteiger charge is 2.18. The van der Waals surface area contributed by atoms with Crippen LogP contribution in [0.5, 0.6) is 0 Å². The van der Waals surface area contributed by atoms with Crippen molar-refractivity contribution >= 4 is 26.7 Å². The van der Waals surface area contributed by atoms with Crippen molar-refractivity contribution in [3.05, 3.63) is 42.4 Å². The van der Waals surface area contributed by atoms with Crippen molar-refractivity contribution in [3.8, 4) is 0 Å². The zero-order valence-corrected chi connectivity index (χ0v) is 14.8. The van der Waals surface area contributed by atoms with Crippen LogP contribution in [0.1, 0.15) is 18.5 Å². The molecule has 0 saturated heterocycles. The Kier molecular flexibility index (Phi) is 4.00. The second-order valence-electron chi connectivity index (χ2n) is 5.83. The highest BCUT2D eigenvalue weighted by molar-refractivity contribution is 7.90. The molecule has 1 atom stereocenters. The van der Waals surface area contributed by atoms with Gasteiger partial charge in [-0.05, 0) is 24.6 Å². The fourth-order valence-electron chi connectivity index (χ4n) is 2.63. The van der Waals surface area contributed by atoms with E-state index in [9.17, 15) is 8.42 Å². The summed E-state index contributed by atoms with van der Waals surface area (Å²) in [5.74, 6) is 0.785. The molecule has 0 amide bonds. The lowest BCUT2D eigenvalue weighted by molar-refractivity contribution is 0.601. The molecule has 8 heteroatoms. The molecule has 0 aliphatic carbocycles. The summed E-state index contributed by atoms with van der Waals surface area (Å²) in [7, 11) is 0.599. The summed E-state index contributed by atoms with van der Waals surface area (Å²) in [5.41, 5.74) is 1.77. The standard InChI is InChI=1S/C16H19N5O2S/c1-11(12-5-7-13(8-6-12)24(4,22)23)20(2)15-14-9-19-21(3)16(14)18-10-17-15/h5-11H,1-4H3/t11-/m1/s1. The predicted octanol–water partition coefficient (Wildman–Crippen LogP) is 1.96. The Hall–Kier alpha value is -2.48. The molecule has 2 heterocycles. The van der Waals surface area contributed by atoms with Crippen molar-refractivity contribution < 1.29 is 8.42 Å². The summed E-state index contributed by atoms with van der Waals surface area (Å²) < 4.78 is 24.9. The van der Waals surface area contributed by atoms with Crippen LogP contribution in [0.4, 0.5) is 5.82 Å². The van der Waals surface area contributed by atoms with E-state index < -0.39 is 9.84 Å². The molecule has 2 aromatic heterocycles. The Labute approximate surface area is 140 Å². The van der Waals surface area contributed by atoms with E-state index in [1.165, 1.54) is 12.6 Å². The van der Waals surface area contributed by atoms with E-state index in [0.29, 0.717) is 4.90 Å². The van der Waals surface area contributed by atoms with Crippen molar-refractivity contribution in [2.75, 3.05) is 18.2 Å². The Balaban J connectivity index is 1.95. The van der Waals surface area contributed by atoms with Gasteiger partial charge >= 0.3 is 0 Å². The molecule has 0 saturated carbocycles. The number of aryl methyl sites for hydroxylation is 1. The van der Waals surface area contributed by atoms with Crippen molar-refractivity contribution in [1.29, 1.82) is 0 Å². The number of hydrogen-bond donors (Lipinski definition) is 0. The summed E-state index contributed by atoms with van der Waals surface area (Å²) in [4.78, 5) is 11.0. The summed E-state index contributed by atoms with van der Waals surface area (Å²) >= 11 is 0. The molecule has 24 heavy (non-hydrogen) atoms. The minimum absolute atomic E-state index is 0.0110. The number of anilines is 1. The number of aromatic nitrogens is 4. The quantitative estimate of drug-likeness (QED) is 0.719. The predicted molar refractivity (Wildman–Crippen MR) is 92.7 cm³/mol. The maximum Gasteiger partial charge on any atom is 0.175 e. The van der Waals surface area contributed by atoms with Crippen LogP contribution in [-0.2, 0) is 16.9 Å². The van der Waals surface area contributed by atoms with Gasteiger partial charge in [0, 0.05) is 20.4 Å². The van der Waals surface area contributed by atoms with Gasteiger partial charge in [0.1, 0.15) is 12.1 Å². The molecule has 0 unspecified atom stereocenters. The third-order valence-corrected chi connectivity index (χ3v) is 5.34.